The lowest BCUT2D eigenvalue weighted by Crippen LogP contribution is -2.66. The van der Waals surface area contributed by atoms with Crippen LogP contribution in [0.25, 0.3) is 0 Å². The number of hydrogen-bond donors (Lipinski definition) is 2. The van der Waals surface area contributed by atoms with Crippen molar-refractivity contribution in [3.8, 4) is 0 Å². The van der Waals surface area contributed by atoms with Crippen molar-refractivity contribution >= 4 is 29.9 Å². The summed E-state index contributed by atoms with van der Waals surface area (Å²) in [4.78, 5) is 7.51. The summed E-state index contributed by atoms with van der Waals surface area (Å²) in [6.45, 7) is 4.19. The molecule has 5 rings (SSSR count). The molecular weight excluding hydrogens is 463 g/mol. The number of hydrogen-bond acceptors (Lipinski definition) is 3. The van der Waals surface area contributed by atoms with Crippen LogP contribution in [0.2, 0.25) is 0 Å². The Morgan fingerprint density at radius 2 is 1.93 bits per heavy atom. The van der Waals surface area contributed by atoms with Crippen LogP contribution in [0.3, 0.4) is 0 Å². The molecular formula is C22H33IN4O. The van der Waals surface area contributed by atoms with Gasteiger partial charge in [0.2, 0.25) is 0 Å². The lowest BCUT2D eigenvalue weighted by molar-refractivity contribution is -0.164. The highest BCUT2D eigenvalue weighted by molar-refractivity contribution is 14.0. The zero-order valence-corrected chi connectivity index (χ0v) is 18.9. The number of nitrogens with one attached hydrogen (secondary N) is 1. The van der Waals surface area contributed by atoms with E-state index < -0.39 is 0 Å². The number of ether oxygens (including phenoxy) is 1. The Bertz CT molecular complexity index is 685. The number of halogens is 1. The van der Waals surface area contributed by atoms with E-state index in [0.29, 0.717) is 35.5 Å². The van der Waals surface area contributed by atoms with Crippen LogP contribution in [0.4, 0.5) is 0 Å². The second-order valence-electron chi connectivity index (χ2n) is 8.97. The molecule has 1 aromatic carbocycles. The lowest BCUT2D eigenvalue weighted by atomic mass is 9.46. The first-order chi connectivity index (χ1) is 13.2. The summed E-state index contributed by atoms with van der Waals surface area (Å²) in [6, 6.07) is 11.6. The molecule has 2 saturated heterocycles. The molecule has 5 nitrogen and oxygen atoms in total. The Balaban J connectivity index is 0.00000192. The van der Waals surface area contributed by atoms with Gasteiger partial charge >= 0.3 is 0 Å². The summed E-state index contributed by atoms with van der Waals surface area (Å²) in [5.74, 6) is 1.27. The average molecular weight is 496 g/mol. The molecule has 6 heteroatoms. The van der Waals surface area contributed by atoms with E-state index in [0.717, 1.165) is 45.5 Å². The van der Waals surface area contributed by atoms with Gasteiger partial charge in [-0.1, -0.05) is 36.8 Å². The molecule has 2 aliphatic heterocycles. The third kappa shape index (κ3) is 3.67. The molecule has 3 unspecified atom stereocenters. The molecule has 154 valence electrons. The van der Waals surface area contributed by atoms with Crippen molar-refractivity contribution in [3.63, 3.8) is 0 Å². The number of likely N-dealkylation sites (tertiary alicyclic amines) is 1. The number of rotatable bonds is 4. The van der Waals surface area contributed by atoms with Gasteiger partial charge in [0.25, 0.3) is 0 Å². The molecule has 28 heavy (non-hydrogen) atoms. The molecule has 4 fully saturated rings. The minimum atomic E-state index is 0. The van der Waals surface area contributed by atoms with Crippen molar-refractivity contribution in [2.24, 2.45) is 22.1 Å². The second-order valence-corrected chi connectivity index (χ2v) is 8.97. The van der Waals surface area contributed by atoms with Gasteiger partial charge in [-0.2, -0.15) is 0 Å². The largest absolute Gasteiger partial charge is 0.377 e. The van der Waals surface area contributed by atoms with Gasteiger partial charge in [0, 0.05) is 43.6 Å². The van der Waals surface area contributed by atoms with E-state index in [9.17, 15) is 0 Å². The van der Waals surface area contributed by atoms with Crippen molar-refractivity contribution in [3.05, 3.63) is 35.9 Å². The molecule has 0 radical (unpaired) electrons. The second kappa shape index (κ2) is 8.48. The van der Waals surface area contributed by atoms with Crippen molar-refractivity contribution in [2.75, 3.05) is 19.7 Å². The summed E-state index contributed by atoms with van der Waals surface area (Å²) >= 11 is 0. The normalized spacial score (nSPS) is 32.1. The van der Waals surface area contributed by atoms with E-state index in [-0.39, 0.29) is 24.0 Å². The minimum Gasteiger partial charge on any atom is -0.377 e. The molecule has 0 amide bonds. The predicted octanol–water partition coefficient (Wildman–Crippen LogP) is 3.13. The van der Waals surface area contributed by atoms with Crippen LogP contribution in [0.5, 0.6) is 0 Å². The highest BCUT2D eigenvalue weighted by Gasteiger charge is 2.66. The van der Waals surface area contributed by atoms with E-state index >= 15 is 0 Å². The highest BCUT2D eigenvalue weighted by atomic mass is 127. The maximum atomic E-state index is 6.34. The van der Waals surface area contributed by atoms with Gasteiger partial charge in [-0.3, -0.25) is 4.90 Å². The van der Waals surface area contributed by atoms with Crippen LogP contribution in [0.1, 0.15) is 44.1 Å². The first kappa shape index (κ1) is 20.4. The standard InChI is InChI=1S/C22H32N4O.HI/c23-21(25-19-18-9-14-27-20(18)22(19)10-4-11-22)24-17-7-12-26(13-8-17)15-16-5-2-1-3-6-16;/h1-3,5-6,17-20H,4,7-15H2,(H3,23,24,25);1H. The number of benzene rings is 1. The van der Waals surface area contributed by atoms with E-state index in [1.807, 2.05) is 0 Å². The van der Waals surface area contributed by atoms with Gasteiger partial charge in [0.1, 0.15) is 0 Å². The molecule has 1 spiro atoms. The van der Waals surface area contributed by atoms with Gasteiger partial charge in [-0.25, -0.2) is 4.99 Å². The molecule has 3 atom stereocenters. The van der Waals surface area contributed by atoms with Gasteiger partial charge in [-0.15, -0.1) is 24.0 Å². The molecule has 0 bridgehead atoms. The Labute approximate surface area is 185 Å². The Kier molecular flexibility index (Phi) is 6.18. The summed E-state index contributed by atoms with van der Waals surface area (Å²) in [5.41, 5.74) is 8.06. The molecule has 0 aromatic heterocycles. The SMILES string of the molecule is I.NC(=NC1C2CCOC2C12CCC2)NC1CCN(Cc2ccccc2)CC1. The van der Waals surface area contributed by atoms with E-state index in [1.54, 1.807) is 0 Å². The number of guanidine groups is 1. The summed E-state index contributed by atoms with van der Waals surface area (Å²) in [6.07, 6.45) is 7.76. The lowest BCUT2D eigenvalue weighted by Gasteiger charge is -2.61. The average Bonchev–Trinajstić information content (AvgIpc) is 3.06. The molecule has 4 aliphatic rings. The highest BCUT2D eigenvalue weighted by Crippen LogP contribution is 2.64. The maximum absolute atomic E-state index is 6.34. The van der Waals surface area contributed by atoms with Gasteiger partial charge in [-0.05, 0) is 37.7 Å². The predicted molar refractivity (Wildman–Crippen MR) is 123 cm³/mol. The van der Waals surface area contributed by atoms with Crippen LogP contribution in [0.15, 0.2) is 35.3 Å². The summed E-state index contributed by atoms with van der Waals surface area (Å²) in [7, 11) is 0. The number of piperidine rings is 1. The van der Waals surface area contributed by atoms with Crippen LogP contribution in [0, 0.1) is 11.3 Å². The topological polar surface area (TPSA) is 62.9 Å². The summed E-state index contributed by atoms with van der Waals surface area (Å²) in [5, 5.41) is 3.53. The number of nitrogens with zero attached hydrogens (tertiary/aromatic N) is 2. The molecule has 2 saturated carbocycles. The van der Waals surface area contributed by atoms with Crippen molar-refractivity contribution in [2.45, 2.75) is 63.3 Å². The van der Waals surface area contributed by atoms with Crippen molar-refractivity contribution in [1.29, 1.82) is 0 Å². The zero-order chi connectivity index (χ0) is 18.3. The van der Waals surface area contributed by atoms with E-state index in [2.05, 4.69) is 40.5 Å². The molecule has 1 aromatic rings. The number of fused-ring (bicyclic) bond motifs is 2. The van der Waals surface area contributed by atoms with Crippen LogP contribution < -0.4 is 11.1 Å². The van der Waals surface area contributed by atoms with Crippen LogP contribution in [-0.4, -0.2) is 48.7 Å². The third-order valence-corrected chi connectivity index (χ3v) is 7.45. The van der Waals surface area contributed by atoms with Crippen LogP contribution >= 0.6 is 24.0 Å². The Morgan fingerprint density at radius 3 is 2.61 bits per heavy atom. The number of aliphatic imine (C=N–C) groups is 1. The quantitative estimate of drug-likeness (QED) is 0.382. The minimum absolute atomic E-state index is 0. The molecule has 2 heterocycles. The van der Waals surface area contributed by atoms with E-state index in [1.165, 1.54) is 24.8 Å². The molecule has 2 aliphatic carbocycles. The summed E-state index contributed by atoms with van der Waals surface area (Å²) < 4.78 is 6.00. The smallest absolute Gasteiger partial charge is 0.189 e. The van der Waals surface area contributed by atoms with Gasteiger partial charge in [0.05, 0.1) is 12.1 Å². The Hall–Kier alpha value is -0.860. The van der Waals surface area contributed by atoms with Crippen molar-refractivity contribution < 1.29 is 4.74 Å². The van der Waals surface area contributed by atoms with Gasteiger partial charge < -0.3 is 15.8 Å². The third-order valence-electron chi connectivity index (χ3n) is 7.45. The first-order valence-corrected chi connectivity index (χ1v) is 10.7. The fourth-order valence-corrected chi connectivity index (χ4v) is 5.86. The monoisotopic (exact) mass is 496 g/mol. The van der Waals surface area contributed by atoms with Crippen molar-refractivity contribution in [1.82, 2.24) is 10.2 Å². The zero-order valence-electron chi connectivity index (χ0n) is 16.6. The number of nitrogens with two attached hydrogens (primary N) is 1. The molecule has 3 N–H and O–H groups in total. The fourth-order valence-electron chi connectivity index (χ4n) is 5.86. The van der Waals surface area contributed by atoms with E-state index in [4.69, 9.17) is 15.5 Å². The first-order valence-electron chi connectivity index (χ1n) is 10.7. The fraction of sp³-hybridized carbons (Fsp3) is 0.682. The maximum Gasteiger partial charge on any atom is 0.189 e. The van der Waals surface area contributed by atoms with Gasteiger partial charge in [0.15, 0.2) is 5.96 Å². The van der Waals surface area contributed by atoms with Crippen LogP contribution in [-0.2, 0) is 11.3 Å². The Morgan fingerprint density at radius 1 is 1.18 bits per heavy atom.